The molecular weight excluding hydrogens is 344 g/mol. The Morgan fingerprint density at radius 2 is 1.81 bits per heavy atom. The van der Waals surface area contributed by atoms with Crippen LogP contribution in [0, 0.1) is 11.6 Å². The fraction of sp³-hybridized carbons (Fsp3) is 0.263. The molecule has 0 saturated heterocycles. The molecule has 0 aromatic heterocycles. The molecule has 2 rings (SSSR count). The molecule has 0 spiro atoms. The van der Waals surface area contributed by atoms with Gasteiger partial charge in [-0.25, -0.2) is 13.6 Å². The Labute approximate surface area is 149 Å². The van der Waals surface area contributed by atoms with Crippen LogP contribution >= 0.6 is 0 Å². The third-order valence-electron chi connectivity index (χ3n) is 3.39. The van der Waals surface area contributed by atoms with Crippen molar-refractivity contribution < 1.29 is 27.8 Å². The van der Waals surface area contributed by atoms with Gasteiger partial charge >= 0.3 is 5.97 Å². The molecule has 0 bridgehead atoms. The Hall–Kier alpha value is -2.96. The highest BCUT2D eigenvalue weighted by molar-refractivity contribution is 5.92. The lowest BCUT2D eigenvalue weighted by Gasteiger charge is -2.09. The highest BCUT2D eigenvalue weighted by Crippen LogP contribution is 2.16. The van der Waals surface area contributed by atoms with Crippen molar-refractivity contribution >= 4 is 17.6 Å². The maximum absolute atomic E-state index is 13.5. The number of nitrogens with one attached hydrogen (secondary N) is 1. The van der Waals surface area contributed by atoms with Gasteiger partial charge in [0.05, 0.1) is 17.9 Å². The van der Waals surface area contributed by atoms with E-state index >= 15 is 0 Å². The third-order valence-corrected chi connectivity index (χ3v) is 3.39. The number of anilines is 1. The summed E-state index contributed by atoms with van der Waals surface area (Å²) < 4.78 is 36.9. The lowest BCUT2D eigenvalue weighted by Crippen LogP contribution is -2.21. The van der Waals surface area contributed by atoms with Crippen LogP contribution in [-0.4, -0.2) is 25.1 Å². The first kappa shape index (κ1) is 19.4. The number of amides is 1. The van der Waals surface area contributed by atoms with Crippen LogP contribution in [0.5, 0.6) is 5.75 Å². The van der Waals surface area contributed by atoms with Gasteiger partial charge in [0.25, 0.3) is 5.91 Å². The fourth-order valence-electron chi connectivity index (χ4n) is 2.01. The maximum atomic E-state index is 13.5. The molecule has 1 amide bonds. The summed E-state index contributed by atoms with van der Waals surface area (Å²) in [5.74, 6) is -2.12. The van der Waals surface area contributed by atoms with Crippen LogP contribution in [0.25, 0.3) is 0 Å². The molecule has 5 nitrogen and oxygen atoms in total. The van der Waals surface area contributed by atoms with E-state index in [1.807, 2.05) is 6.92 Å². The molecule has 26 heavy (non-hydrogen) atoms. The first-order chi connectivity index (χ1) is 12.5. The number of hydrogen-bond acceptors (Lipinski definition) is 4. The van der Waals surface area contributed by atoms with E-state index < -0.39 is 30.1 Å². The number of ether oxygens (including phenoxy) is 2. The van der Waals surface area contributed by atoms with Crippen molar-refractivity contribution in [2.24, 2.45) is 0 Å². The zero-order chi connectivity index (χ0) is 18.9. The molecule has 0 unspecified atom stereocenters. The number of halogens is 2. The molecule has 0 atom stereocenters. The van der Waals surface area contributed by atoms with Gasteiger partial charge in [0.2, 0.25) is 0 Å². The number of carbonyl (C=O) groups excluding carboxylic acids is 2. The number of rotatable bonds is 8. The van der Waals surface area contributed by atoms with Crippen LogP contribution in [0.2, 0.25) is 0 Å². The van der Waals surface area contributed by atoms with E-state index in [1.54, 1.807) is 0 Å². The van der Waals surface area contributed by atoms with Crippen LogP contribution in [0.4, 0.5) is 14.5 Å². The van der Waals surface area contributed by atoms with E-state index in [1.165, 1.54) is 24.3 Å². The molecule has 138 valence electrons. The highest BCUT2D eigenvalue weighted by atomic mass is 19.1. The predicted octanol–water partition coefficient (Wildman–Crippen LogP) is 3.94. The minimum absolute atomic E-state index is 0.260. The summed E-state index contributed by atoms with van der Waals surface area (Å²) >= 11 is 0. The molecular formula is C19H19F2NO4. The quantitative estimate of drug-likeness (QED) is 0.570. The van der Waals surface area contributed by atoms with Gasteiger partial charge in [0, 0.05) is 6.07 Å². The van der Waals surface area contributed by atoms with Crippen molar-refractivity contribution in [3.05, 3.63) is 59.7 Å². The summed E-state index contributed by atoms with van der Waals surface area (Å²) in [6.45, 7) is 1.97. The minimum Gasteiger partial charge on any atom is -0.484 e. The molecule has 7 heteroatoms. The van der Waals surface area contributed by atoms with Gasteiger partial charge in [-0.1, -0.05) is 13.3 Å². The molecule has 1 N–H and O–H groups in total. The second kappa shape index (κ2) is 9.50. The maximum Gasteiger partial charge on any atom is 0.338 e. The van der Waals surface area contributed by atoms with Gasteiger partial charge in [-0.15, -0.1) is 0 Å². The van der Waals surface area contributed by atoms with E-state index in [9.17, 15) is 18.4 Å². The lowest BCUT2D eigenvalue weighted by atomic mass is 10.2. The summed E-state index contributed by atoms with van der Waals surface area (Å²) in [4.78, 5) is 23.5. The minimum atomic E-state index is -0.745. The Morgan fingerprint density at radius 3 is 2.50 bits per heavy atom. The Balaban J connectivity index is 1.84. The van der Waals surface area contributed by atoms with Gasteiger partial charge < -0.3 is 14.8 Å². The van der Waals surface area contributed by atoms with Gasteiger partial charge in [0.1, 0.15) is 17.4 Å². The first-order valence-corrected chi connectivity index (χ1v) is 8.14. The van der Waals surface area contributed by atoms with Crippen molar-refractivity contribution in [1.29, 1.82) is 0 Å². The van der Waals surface area contributed by atoms with Crippen LogP contribution in [-0.2, 0) is 9.53 Å². The van der Waals surface area contributed by atoms with Gasteiger partial charge in [-0.3, -0.25) is 4.79 Å². The van der Waals surface area contributed by atoms with Crippen molar-refractivity contribution in [2.45, 2.75) is 19.8 Å². The highest BCUT2D eigenvalue weighted by Gasteiger charge is 2.10. The second-order valence-corrected chi connectivity index (χ2v) is 5.47. The summed E-state index contributed by atoms with van der Waals surface area (Å²) in [5.41, 5.74) is 0.114. The first-order valence-electron chi connectivity index (χ1n) is 8.14. The molecule has 0 heterocycles. The van der Waals surface area contributed by atoms with Crippen LogP contribution in [0.1, 0.15) is 30.1 Å². The standard InChI is InChI=1S/C19H19F2NO4/c1-2-3-10-25-19(24)13-4-7-15(8-5-13)26-12-18(23)22-17-11-14(20)6-9-16(17)21/h4-9,11H,2-3,10,12H2,1H3,(H,22,23). The monoisotopic (exact) mass is 363 g/mol. The number of hydrogen-bond donors (Lipinski definition) is 1. The van der Waals surface area contributed by atoms with Crippen molar-refractivity contribution in [1.82, 2.24) is 0 Å². The van der Waals surface area contributed by atoms with E-state index in [0.29, 0.717) is 17.9 Å². The fourth-order valence-corrected chi connectivity index (χ4v) is 2.01. The molecule has 0 fully saturated rings. The molecule has 2 aromatic rings. The summed E-state index contributed by atoms with van der Waals surface area (Å²) in [5, 5.41) is 2.23. The molecule has 0 aliphatic carbocycles. The normalized spacial score (nSPS) is 10.3. The van der Waals surface area contributed by atoms with Gasteiger partial charge in [0.15, 0.2) is 6.61 Å². The molecule has 0 aliphatic rings. The zero-order valence-electron chi connectivity index (χ0n) is 14.3. The number of esters is 1. The van der Waals surface area contributed by atoms with Crippen LogP contribution in [0.3, 0.4) is 0 Å². The molecule has 2 aromatic carbocycles. The predicted molar refractivity (Wildman–Crippen MR) is 92.1 cm³/mol. The lowest BCUT2D eigenvalue weighted by molar-refractivity contribution is -0.118. The van der Waals surface area contributed by atoms with E-state index in [4.69, 9.17) is 9.47 Å². The third kappa shape index (κ3) is 5.84. The molecule has 0 aliphatic heterocycles. The molecule has 0 saturated carbocycles. The Kier molecular flexibility index (Phi) is 7.08. The van der Waals surface area contributed by atoms with Crippen molar-refractivity contribution in [2.75, 3.05) is 18.5 Å². The summed E-state index contributed by atoms with van der Waals surface area (Å²) in [6.07, 6.45) is 1.73. The van der Waals surface area contributed by atoms with Gasteiger partial charge in [-0.05, 0) is 42.8 Å². The smallest absolute Gasteiger partial charge is 0.338 e. The van der Waals surface area contributed by atoms with E-state index in [0.717, 1.165) is 31.0 Å². The van der Waals surface area contributed by atoms with E-state index in [2.05, 4.69) is 5.32 Å². The average molecular weight is 363 g/mol. The van der Waals surface area contributed by atoms with Crippen LogP contribution in [0.15, 0.2) is 42.5 Å². The summed E-state index contributed by atoms with van der Waals surface area (Å²) in [6, 6.07) is 8.84. The van der Waals surface area contributed by atoms with Crippen LogP contribution < -0.4 is 10.1 Å². The second-order valence-electron chi connectivity index (χ2n) is 5.47. The largest absolute Gasteiger partial charge is 0.484 e. The topological polar surface area (TPSA) is 64.6 Å². The number of benzene rings is 2. The Morgan fingerprint density at radius 1 is 1.08 bits per heavy atom. The van der Waals surface area contributed by atoms with Crippen molar-refractivity contribution in [3.63, 3.8) is 0 Å². The van der Waals surface area contributed by atoms with Crippen molar-refractivity contribution in [3.8, 4) is 5.75 Å². The summed E-state index contributed by atoms with van der Waals surface area (Å²) in [7, 11) is 0. The zero-order valence-corrected chi connectivity index (χ0v) is 14.3. The Bertz CT molecular complexity index is 763. The number of unbranched alkanes of at least 4 members (excludes halogenated alkanes) is 1. The molecule has 0 radical (unpaired) electrons. The average Bonchev–Trinajstić information content (AvgIpc) is 2.63. The SMILES string of the molecule is CCCCOC(=O)c1ccc(OCC(=O)Nc2cc(F)ccc2F)cc1. The number of carbonyl (C=O) groups is 2. The van der Waals surface area contributed by atoms with Gasteiger partial charge in [-0.2, -0.15) is 0 Å². The van der Waals surface area contributed by atoms with E-state index in [-0.39, 0.29) is 5.69 Å².